The molecule has 0 saturated heterocycles. The highest BCUT2D eigenvalue weighted by molar-refractivity contribution is 6.04. The first-order chi connectivity index (χ1) is 19.7. The maximum Gasteiger partial charge on any atom is 0.274 e. The van der Waals surface area contributed by atoms with Gasteiger partial charge in [0.2, 0.25) is 0 Å². The highest BCUT2D eigenvalue weighted by Gasteiger charge is 2.09. The van der Waals surface area contributed by atoms with Crippen molar-refractivity contribution < 1.29 is 9.53 Å². The number of nitrogens with zero attached hydrogens (tertiary/aromatic N) is 1. The number of rotatable bonds is 21. The lowest BCUT2D eigenvalue weighted by Crippen LogP contribution is -2.13. The number of hydrogen-bond donors (Lipinski definition) is 1. The third-order valence-corrected chi connectivity index (χ3v) is 7.68. The van der Waals surface area contributed by atoms with Crippen LogP contribution in [0.25, 0.3) is 10.9 Å². The lowest BCUT2D eigenvalue weighted by molar-refractivity contribution is 0.102. The van der Waals surface area contributed by atoms with Gasteiger partial charge in [0.15, 0.2) is 0 Å². The fourth-order valence-electron chi connectivity index (χ4n) is 5.18. The van der Waals surface area contributed by atoms with E-state index in [2.05, 4.69) is 36.3 Å². The summed E-state index contributed by atoms with van der Waals surface area (Å²) in [7, 11) is 0. The van der Waals surface area contributed by atoms with Crippen LogP contribution in [0.5, 0.6) is 5.75 Å². The Hall–Kier alpha value is -2.88. The number of nitrogens with one attached hydrogen (secondary N) is 1. The molecular weight excluding hydrogens is 492 g/mol. The fourth-order valence-corrected chi connectivity index (χ4v) is 5.18. The highest BCUT2D eigenvalue weighted by Crippen LogP contribution is 2.20. The first-order valence-corrected chi connectivity index (χ1v) is 16.1. The molecule has 0 radical (unpaired) electrons. The van der Waals surface area contributed by atoms with Gasteiger partial charge >= 0.3 is 0 Å². The Labute approximate surface area is 243 Å². The van der Waals surface area contributed by atoms with E-state index in [1.807, 2.05) is 42.5 Å². The maximum absolute atomic E-state index is 12.8. The van der Waals surface area contributed by atoms with Crippen molar-refractivity contribution in [2.45, 2.75) is 123 Å². The highest BCUT2D eigenvalue weighted by atomic mass is 16.5. The van der Waals surface area contributed by atoms with Crippen molar-refractivity contribution in [1.29, 1.82) is 0 Å². The van der Waals surface area contributed by atoms with Crippen LogP contribution in [0, 0.1) is 0 Å². The zero-order chi connectivity index (χ0) is 28.3. The Morgan fingerprint density at radius 1 is 0.675 bits per heavy atom. The summed E-state index contributed by atoms with van der Waals surface area (Å²) in [5, 5.41) is 4.05. The molecule has 1 heterocycles. The molecule has 0 aliphatic carbocycles. The standard InChI is InChI=1S/C36H52N2O2/c1-3-5-7-9-11-13-15-17-19-30-20-26-34-31(29-30)21-27-35(38-34)36(39)37-32-22-24-33(25-23-32)40-28-18-16-14-12-10-8-6-4-2/h20-27,29H,3-19,28H2,1-2H3,(H,37,39). The lowest BCUT2D eigenvalue weighted by Gasteiger charge is -2.09. The van der Waals surface area contributed by atoms with Crippen molar-refractivity contribution in [1.82, 2.24) is 4.98 Å². The molecular formula is C36H52N2O2. The van der Waals surface area contributed by atoms with Gasteiger partial charge in [-0.3, -0.25) is 4.79 Å². The lowest BCUT2D eigenvalue weighted by atomic mass is 10.0. The van der Waals surface area contributed by atoms with E-state index in [-0.39, 0.29) is 5.91 Å². The largest absolute Gasteiger partial charge is 0.494 e. The van der Waals surface area contributed by atoms with E-state index < -0.39 is 0 Å². The van der Waals surface area contributed by atoms with Gasteiger partial charge in [-0.05, 0) is 67.3 Å². The Bertz CT molecular complexity index is 1110. The second kappa shape index (κ2) is 19.2. The monoisotopic (exact) mass is 544 g/mol. The number of pyridine rings is 1. The first-order valence-electron chi connectivity index (χ1n) is 16.1. The number of aryl methyl sites for hydroxylation is 1. The second-order valence-corrected chi connectivity index (χ2v) is 11.3. The molecule has 1 N–H and O–H groups in total. The second-order valence-electron chi connectivity index (χ2n) is 11.3. The van der Waals surface area contributed by atoms with Gasteiger partial charge in [-0.2, -0.15) is 0 Å². The molecule has 0 fully saturated rings. The van der Waals surface area contributed by atoms with Gasteiger partial charge < -0.3 is 10.1 Å². The summed E-state index contributed by atoms with van der Waals surface area (Å²) < 4.78 is 5.88. The molecule has 0 saturated carbocycles. The van der Waals surface area contributed by atoms with Crippen molar-refractivity contribution >= 4 is 22.5 Å². The predicted molar refractivity (Wildman–Crippen MR) is 171 cm³/mol. The van der Waals surface area contributed by atoms with Crippen LogP contribution in [0.1, 0.15) is 133 Å². The topological polar surface area (TPSA) is 51.2 Å². The minimum atomic E-state index is -0.197. The molecule has 2 aromatic carbocycles. The zero-order valence-corrected chi connectivity index (χ0v) is 25.2. The Balaban J connectivity index is 1.37. The molecule has 0 aliphatic rings. The van der Waals surface area contributed by atoms with Crippen LogP contribution in [0.15, 0.2) is 54.6 Å². The van der Waals surface area contributed by atoms with E-state index >= 15 is 0 Å². The van der Waals surface area contributed by atoms with Gasteiger partial charge in [0.1, 0.15) is 11.4 Å². The quantitative estimate of drug-likeness (QED) is 0.136. The average molecular weight is 545 g/mol. The van der Waals surface area contributed by atoms with E-state index in [1.165, 1.54) is 102 Å². The molecule has 1 amide bonds. The molecule has 0 spiro atoms. The molecule has 0 bridgehead atoms. The minimum Gasteiger partial charge on any atom is -0.494 e. The maximum atomic E-state index is 12.8. The summed E-state index contributed by atoms with van der Waals surface area (Å²) >= 11 is 0. The van der Waals surface area contributed by atoms with Crippen molar-refractivity contribution in [3.63, 3.8) is 0 Å². The summed E-state index contributed by atoms with van der Waals surface area (Å²) in [6, 6.07) is 17.9. The van der Waals surface area contributed by atoms with Crippen LogP contribution in [-0.2, 0) is 6.42 Å². The Morgan fingerprint density at radius 2 is 1.27 bits per heavy atom. The van der Waals surface area contributed by atoms with Crippen molar-refractivity contribution in [3.8, 4) is 5.75 Å². The average Bonchev–Trinajstić information content (AvgIpc) is 2.98. The van der Waals surface area contributed by atoms with E-state index in [4.69, 9.17) is 4.74 Å². The summed E-state index contributed by atoms with van der Waals surface area (Å²) in [5.41, 5.74) is 3.38. The summed E-state index contributed by atoms with van der Waals surface area (Å²) in [4.78, 5) is 17.5. The van der Waals surface area contributed by atoms with E-state index in [9.17, 15) is 4.79 Å². The van der Waals surface area contributed by atoms with Crippen molar-refractivity contribution in [2.75, 3.05) is 11.9 Å². The van der Waals surface area contributed by atoms with Crippen LogP contribution in [0.3, 0.4) is 0 Å². The number of unbranched alkanes of at least 4 members (excludes halogenated alkanes) is 14. The molecule has 218 valence electrons. The molecule has 0 atom stereocenters. The van der Waals surface area contributed by atoms with Crippen LogP contribution in [0.4, 0.5) is 5.69 Å². The number of carbonyl (C=O) groups is 1. The van der Waals surface area contributed by atoms with E-state index in [0.717, 1.165) is 41.8 Å². The Kier molecular flexibility index (Phi) is 15.2. The van der Waals surface area contributed by atoms with Gasteiger partial charge in [-0.1, -0.05) is 116 Å². The van der Waals surface area contributed by atoms with Gasteiger partial charge in [-0.15, -0.1) is 0 Å². The van der Waals surface area contributed by atoms with Crippen molar-refractivity contribution in [2.24, 2.45) is 0 Å². The third kappa shape index (κ3) is 12.1. The van der Waals surface area contributed by atoms with Crippen LogP contribution in [0.2, 0.25) is 0 Å². The number of amides is 1. The number of anilines is 1. The molecule has 4 heteroatoms. The normalized spacial score (nSPS) is 11.2. The van der Waals surface area contributed by atoms with Gasteiger partial charge in [0.25, 0.3) is 5.91 Å². The SMILES string of the molecule is CCCCCCCCCCOc1ccc(NC(=O)c2ccc3cc(CCCCCCCCCC)ccc3n2)cc1. The fraction of sp³-hybridized carbons (Fsp3) is 0.556. The summed E-state index contributed by atoms with van der Waals surface area (Å²) in [6.45, 7) is 5.26. The smallest absolute Gasteiger partial charge is 0.274 e. The molecule has 4 nitrogen and oxygen atoms in total. The predicted octanol–water partition coefficient (Wildman–Crippen LogP) is 10.7. The molecule has 3 aromatic rings. The van der Waals surface area contributed by atoms with Crippen LogP contribution >= 0.6 is 0 Å². The Morgan fingerprint density at radius 3 is 1.93 bits per heavy atom. The number of hydrogen-bond acceptors (Lipinski definition) is 3. The third-order valence-electron chi connectivity index (χ3n) is 7.68. The minimum absolute atomic E-state index is 0.197. The molecule has 1 aromatic heterocycles. The van der Waals surface area contributed by atoms with E-state index in [1.54, 1.807) is 0 Å². The van der Waals surface area contributed by atoms with Gasteiger partial charge in [-0.25, -0.2) is 4.98 Å². The van der Waals surface area contributed by atoms with Gasteiger partial charge in [0, 0.05) is 11.1 Å². The molecule has 0 aliphatic heterocycles. The number of benzene rings is 2. The number of fused-ring (bicyclic) bond motifs is 1. The number of aromatic nitrogens is 1. The summed E-state index contributed by atoms with van der Waals surface area (Å²) in [6.07, 6.45) is 22.1. The molecule has 40 heavy (non-hydrogen) atoms. The van der Waals surface area contributed by atoms with Crippen LogP contribution in [-0.4, -0.2) is 17.5 Å². The van der Waals surface area contributed by atoms with Crippen LogP contribution < -0.4 is 10.1 Å². The van der Waals surface area contributed by atoms with E-state index in [0.29, 0.717) is 5.69 Å². The molecule has 3 rings (SSSR count). The number of carbonyl (C=O) groups excluding carboxylic acids is 1. The van der Waals surface area contributed by atoms with Crippen molar-refractivity contribution in [3.05, 3.63) is 65.9 Å². The first kappa shape index (κ1) is 31.6. The number of ether oxygens (including phenoxy) is 1. The zero-order valence-electron chi connectivity index (χ0n) is 25.2. The summed E-state index contributed by atoms with van der Waals surface area (Å²) in [5.74, 6) is 0.644. The van der Waals surface area contributed by atoms with Gasteiger partial charge in [0.05, 0.1) is 12.1 Å². The molecule has 0 unspecified atom stereocenters.